The van der Waals surface area contributed by atoms with Crippen molar-refractivity contribution in [1.82, 2.24) is 5.32 Å². The molecule has 1 fully saturated rings. The average Bonchev–Trinajstić information content (AvgIpc) is 2.07. The lowest BCUT2D eigenvalue weighted by Gasteiger charge is -2.28. The van der Waals surface area contributed by atoms with Crippen molar-refractivity contribution in [1.29, 1.82) is 0 Å². The smallest absolute Gasteiger partial charge is 0.153 e. The number of benzene rings is 1. The minimum atomic E-state index is 0.150. The van der Waals surface area contributed by atoms with Crippen molar-refractivity contribution in [3.05, 3.63) is 28.8 Å². The van der Waals surface area contributed by atoms with E-state index < -0.39 is 0 Å². The molecule has 1 heterocycles. The van der Waals surface area contributed by atoms with Gasteiger partial charge in [0, 0.05) is 24.6 Å². The number of nitrogens with one attached hydrogen (secondary N) is 1. The van der Waals surface area contributed by atoms with Crippen LogP contribution in [-0.4, -0.2) is 24.5 Å². The molecule has 14 heavy (non-hydrogen) atoms. The van der Waals surface area contributed by atoms with E-state index in [1.165, 1.54) is 0 Å². The molecule has 1 aliphatic heterocycles. The summed E-state index contributed by atoms with van der Waals surface area (Å²) in [6.07, 6.45) is 0.706. The van der Waals surface area contributed by atoms with Crippen molar-refractivity contribution in [3.8, 4) is 5.75 Å². The monoisotopic (exact) mass is 191 g/mol. The van der Waals surface area contributed by atoms with E-state index in [1.54, 1.807) is 6.07 Å². The molecule has 1 saturated heterocycles. The van der Waals surface area contributed by atoms with Gasteiger partial charge in [-0.1, -0.05) is 6.07 Å². The highest BCUT2D eigenvalue weighted by Gasteiger charge is 2.23. The number of aromatic hydroxyl groups is 1. The molecule has 0 unspecified atom stereocenters. The summed E-state index contributed by atoms with van der Waals surface area (Å²) >= 11 is 0. The highest BCUT2D eigenvalue weighted by molar-refractivity contribution is 5.80. The number of phenolic OH excluding ortho intramolecular Hbond substituents is 1. The molecular formula is C11H13NO2. The lowest BCUT2D eigenvalue weighted by molar-refractivity contribution is 0.112. The maximum atomic E-state index is 10.7. The molecule has 0 amide bonds. The van der Waals surface area contributed by atoms with E-state index >= 15 is 0 Å². The number of aryl methyl sites for hydroxylation is 1. The zero-order chi connectivity index (χ0) is 10.1. The quantitative estimate of drug-likeness (QED) is 0.690. The summed E-state index contributed by atoms with van der Waals surface area (Å²) in [5.74, 6) is 0.505. The summed E-state index contributed by atoms with van der Waals surface area (Å²) in [6.45, 7) is 3.70. The summed E-state index contributed by atoms with van der Waals surface area (Å²) in [5, 5.41) is 12.9. The van der Waals surface area contributed by atoms with E-state index in [0.29, 0.717) is 17.8 Å². The Bertz CT molecular complexity index is 370. The Morgan fingerprint density at radius 1 is 1.50 bits per heavy atom. The Hall–Kier alpha value is -1.35. The van der Waals surface area contributed by atoms with Crippen LogP contribution in [0.1, 0.15) is 27.4 Å². The first-order valence-corrected chi connectivity index (χ1v) is 4.71. The fourth-order valence-electron chi connectivity index (χ4n) is 1.75. The standard InChI is InChI=1S/C11H13NO2/c1-7-2-8(6-13)11(14)10(3-7)9-4-12-5-9/h2-3,6,9,12,14H,4-5H2,1H3. The first kappa shape index (κ1) is 9.21. The Kier molecular flexibility index (Phi) is 2.25. The minimum absolute atomic E-state index is 0.150. The van der Waals surface area contributed by atoms with E-state index in [0.717, 1.165) is 24.2 Å². The van der Waals surface area contributed by atoms with Gasteiger partial charge in [-0.15, -0.1) is 0 Å². The number of hydrogen-bond acceptors (Lipinski definition) is 3. The van der Waals surface area contributed by atoms with Crippen LogP contribution < -0.4 is 5.32 Å². The number of rotatable bonds is 2. The predicted molar refractivity (Wildman–Crippen MR) is 53.8 cm³/mol. The van der Waals surface area contributed by atoms with Crippen molar-refractivity contribution < 1.29 is 9.90 Å². The second-order valence-corrected chi connectivity index (χ2v) is 3.77. The molecule has 1 aromatic carbocycles. The third-order valence-electron chi connectivity index (χ3n) is 2.66. The Morgan fingerprint density at radius 3 is 2.71 bits per heavy atom. The van der Waals surface area contributed by atoms with Gasteiger partial charge in [-0.2, -0.15) is 0 Å². The van der Waals surface area contributed by atoms with Gasteiger partial charge in [0.15, 0.2) is 6.29 Å². The van der Waals surface area contributed by atoms with Crippen molar-refractivity contribution in [2.45, 2.75) is 12.8 Å². The van der Waals surface area contributed by atoms with Gasteiger partial charge in [-0.05, 0) is 18.6 Å². The van der Waals surface area contributed by atoms with Crippen LogP contribution in [0, 0.1) is 6.92 Å². The summed E-state index contributed by atoms with van der Waals surface area (Å²) in [4.78, 5) is 10.7. The third-order valence-corrected chi connectivity index (χ3v) is 2.66. The second-order valence-electron chi connectivity index (χ2n) is 3.77. The fourth-order valence-corrected chi connectivity index (χ4v) is 1.75. The van der Waals surface area contributed by atoms with Crippen LogP contribution in [0.4, 0.5) is 0 Å². The number of phenols is 1. The maximum Gasteiger partial charge on any atom is 0.153 e. The van der Waals surface area contributed by atoms with Crippen molar-refractivity contribution in [2.75, 3.05) is 13.1 Å². The molecular weight excluding hydrogens is 178 g/mol. The molecule has 0 atom stereocenters. The van der Waals surface area contributed by atoms with Gasteiger partial charge >= 0.3 is 0 Å². The number of carbonyl (C=O) groups excluding carboxylic acids is 1. The normalized spacial score (nSPS) is 16.4. The van der Waals surface area contributed by atoms with Gasteiger partial charge in [0.05, 0.1) is 5.56 Å². The van der Waals surface area contributed by atoms with Crippen molar-refractivity contribution in [3.63, 3.8) is 0 Å². The zero-order valence-corrected chi connectivity index (χ0v) is 8.08. The first-order valence-electron chi connectivity index (χ1n) is 4.71. The molecule has 1 aromatic rings. The van der Waals surface area contributed by atoms with Gasteiger partial charge in [-0.3, -0.25) is 4.79 Å². The average molecular weight is 191 g/mol. The highest BCUT2D eigenvalue weighted by Crippen LogP contribution is 2.31. The number of aldehydes is 1. The van der Waals surface area contributed by atoms with Crippen LogP contribution in [0.2, 0.25) is 0 Å². The Morgan fingerprint density at radius 2 is 2.21 bits per heavy atom. The minimum Gasteiger partial charge on any atom is -0.507 e. The molecule has 0 aromatic heterocycles. The van der Waals surface area contributed by atoms with Crippen LogP contribution in [-0.2, 0) is 0 Å². The van der Waals surface area contributed by atoms with Gasteiger partial charge in [0.1, 0.15) is 5.75 Å². The maximum absolute atomic E-state index is 10.7. The molecule has 0 saturated carbocycles. The van der Waals surface area contributed by atoms with Crippen LogP contribution in [0.25, 0.3) is 0 Å². The Balaban J connectivity index is 2.46. The van der Waals surface area contributed by atoms with Crippen molar-refractivity contribution in [2.24, 2.45) is 0 Å². The van der Waals surface area contributed by atoms with Crippen LogP contribution >= 0.6 is 0 Å². The SMILES string of the molecule is Cc1cc(C=O)c(O)c(C2CNC2)c1. The molecule has 3 heteroatoms. The molecule has 2 N–H and O–H groups in total. The van der Waals surface area contributed by atoms with E-state index in [4.69, 9.17) is 0 Å². The fraction of sp³-hybridized carbons (Fsp3) is 0.364. The highest BCUT2D eigenvalue weighted by atomic mass is 16.3. The Labute approximate surface area is 82.8 Å². The molecule has 1 aliphatic rings. The molecule has 0 radical (unpaired) electrons. The topological polar surface area (TPSA) is 49.3 Å². The van der Waals surface area contributed by atoms with Crippen LogP contribution in [0.5, 0.6) is 5.75 Å². The van der Waals surface area contributed by atoms with Crippen molar-refractivity contribution >= 4 is 6.29 Å². The third kappa shape index (κ3) is 1.40. The molecule has 0 spiro atoms. The molecule has 3 nitrogen and oxygen atoms in total. The summed E-state index contributed by atoms with van der Waals surface area (Å²) in [6, 6.07) is 3.66. The summed E-state index contributed by atoms with van der Waals surface area (Å²) in [7, 11) is 0. The first-order chi connectivity index (χ1) is 6.72. The lowest BCUT2D eigenvalue weighted by Crippen LogP contribution is -2.39. The predicted octanol–water partition coefficient (Wildman–Crippen LogP) is 1.20. The van der Waals surface area contributed by atoms with E-state index in [1.807, 2.05) is 13.0 Å². The van der Waals surface area contributed by atoms with Gasteiger partial charge < -0.3 is 10.4 Å². The summed E-state index contributed by atoms with van der Waals surface area (Å²) < 4.78 is 0. The number of hydrogen-bond donors (Lipinski definition) is 2. The molecule has 0 aliphatic carbocycles. The second kappa shape index (κ2) is 3.42. The van der Waals surface area contributed by atoms with Gasteiger partial charge in [-0.25, -0.2) is 0 Å². The zero-order valence-electron chi connectivity index (χ0n) is 8.08. The summed E-state index contributed by atoms with van der Waals surface area (Å²) in [5.41, 5.74) is 2.31. The van der Waals surface area contributed by atoms with E-state index in [-0.39, 0.29) is 5.75 Å². The molecule has 0 bridgehead atoms. The van der Waals surface area contributed by atoms with Crippen LogP contribution in [0.3, 0.4) is 0 Å². The van der Waals surface area contributed by atoms with Gasteiger partial charge in [0.25, 0.3) is 0 Å². The molecule has 2 rings (SSSR count). The molecule has 74 valence electrons. The van der Waals surface area contributed by atoms with E-state index in [2.05, 4.69) is 5.32 Å². The lowest BCUT2D eigenvalue weighted by atomic mass is 9.90. The van der Waals surface area contributed by atoms with Gasteiger partial charge in [0.2, 0.25) is 0 Å². The van der Waals surface area contributed by atoms with E-state index in [9.17, 15) is 9.90 Å². The van der Waals surface area contributed by atoms with Crippen LogP contribution in [0.15, 0.2) is 12.1 Å². The number of carbonyl (C=O) groups is 1. The largest absolute Gasteiger partial charge is 0.507 e.